The highest BCUT2D eigenvalue weighted by Crippen LogP contribution is 2.33. The minimum Gasteiger partial charge on any atom is -0.444 e. The summed E-state index contributed by atoms with van der Waals surface area (Å²) in [5, 5.41) is 0. The number of rotatable bonds is 3. The van der Waals surface area contributed by atoms with Gasteiger partial charge in [-0.25, -0.2) is 14.2 Å². The Kier molecular flexibility index (Phi) is 6.18. The zero-order valence-electron chi connectivity index (χ0n) is 19.9. The summed E-state index contributed by atoms with van der Waals surface area (Å²) in [4.78, 5) is 35.6. The van der Waals surface area contributed by atoms with Crippen LogP contribution < -0.4 is 0 Å². The number of hydrogen-bond donors (Lipinski definition) is 0. The lowest BCUT2D eigenvalue weighted by Gasteiger charge is -2.49. The highest BCUT2D eigenvalue weighted by Gasteiger charge is 2.45. The van der Waals surface area contributed by atoms with E-state index in [4.69, 9.17) is 4.74 Å². The molecule has 2 fully saturated rings. The summed E-state index contributed by atoms with van der Waals surface area (Å²) in [7, 11) is 1.79. The van der Waals surface area contributed by atoms with Crippen molar-refractivity contribution in [1.82, 2.24) is 24.3 Å². The summed E-state index contributed by atoms with van der Waals surface area (Å²) >= 11 is 0. The van der Waals surface area contributed by atoms with Gasteiger partial charge < -0.3 is 19.1 Å². The number of amides is 2. The molecule has 33 heavy (non-hydrogen) atoms. The van der Waals surface area contributed by atoms with Crippen LogP contribution in [-0.4, -0.2) is 81.1 Å². The molecule has 4 rings (SSSR count). The number of hydrogen-bond acceptors (Lipinski definition) is 5. The third kappa shape index (κ3) is 4.73. The average molecular weight is 458 g/mol. The van der Waals surface area contributed by atoms with Crippen molar-refractivity contribution in [3.63, 3.8) is 0 Å². The second-order valence-electron chi connectivity index (χ2n) is 9.87. The second-order valence-corrected chi connectivity index (χ2v) is 9.87. The van der Waals surface area contributed by atoms with Crippen LogP contribution in [0.15, 0.2) is 36.8 Å². The van der Waals surface area contributed by atoms with Gasteiger partial charge in [0.15, 0.2) is 0 Å². The van der Waals surface area contributed by atoms with Gasteiger partial charge in [0.05, 0.1) is 24.1 Å². The number of aromatic nitrogens is 2. The summed E-state index contributed by atoms with van der Waals surface area (Å²) < 4.78 is 21.0. The minimum absolute atomic E-state index is 0.00263. The van der Waals surface area contributed by atoms with Crippen LogP contribution in [-0.2, 0) is 9.53 Å². The summed E-state index contributed by atoms with van der Waals surface area (Å²) in [5.74, 6) is -0.271. The molecule has 1 aromatic carbocycles. The highest BCUT2D eigenvalue weighted by atomic mass is 19.1. The Labute approximate surface area is 193 Å². The molecule has 9 heteroatoms. The molecule has 2 aliphatic heterocycles. The van der Waals surface area contributed by atoms with E-state index in [1.54, 1.807) is 35.3 Å². The van der Waals surface area contributed by atoms with E-state index in [1.165, 1.54) is 12.1 Å². The average Bonchev–Trinajstić information content (AvgIpc) is 3.24. The van der Waals surface area contributed by atoms with E-state index >= 15 is 0 Å². The smallest absolute Gasteiger partial charge is 0.410 e. The van der Waals surface area contributed by atoms with Gasteiger partial charge in [0.1, 0.15) is 17.5 Å². The topological polar surface area (TPSA) is 70.9 Å². The zero-order valence-corrected chi connectivity index (χ0v) is 19.9. The fourth-order valence-electron chi connectivity index (χ4n) is 4.65. The number of piperazine rings is 2. The monoisotopic (exact) mass is 457 g/mol. The molecule has 2 aromatic rings. The van der Waals surface area contributed by atoms with Gasteiger partial charge in [-0.15, -0.1) is 0 Å². The molecular weight excluding hydrogens is 425 g/mol. The summed E-state index contributed by atoms with van der Waals surface area (Å²) in [6, 6.07) is 5.92. The van der Waals surface area contributed by atoms with Crippen LogP contribution in [0.2, 0.25) is 0 Å². The number of fused-ring (bicyclic) bond motifs is 1. The number of carbonyl (C=O) groups excluding carboxylic acids is 2. The number of benzene rings is 1. The Morgan fingerprint density at radius 2 is 1.85 bits per heavy atom. The molecule has 8 nitrogen and oxygen atoms in total. The Hall–Kier alpha value is -2.94. The fraction of sp³-hybridized carbons (Fsp3) is 0.542. The molecule has 2 unspecified atom stereocenters. The number of halogens is 1. The lowest BCUT2D eigenvalue weighted by Crippen LogP contribution is -2.65. The van der Waals surface area contributed by atoms with E-state index in [-0.39, 0.29) is 30.4 Å². The van der Waals surface area contributed by atoms with Crippen LogP contribution in [0.4, 0.5) is 9.18 Å². The van der Waals surface area contributed by atoms with Crippen LogP contribution >= 0.6 is 0 Å². The maximum Gasteiger partial charge on any atom is 0.410 e. The van der Waals surface area contributed by atoms with Gasteiger partial charge >= 0.3 is 6.09 Å². The van der Waals surface area contributed by atoms with E-state index in [0.717, 1.165) is 11.3 Å². The summed E-state index contributed by atoms with van der Waals surface area (Å²) in [5.41, 5.74) is 1.37. The fourth-order valence-corrected chi connectivity index (χ4v) is 4.65. The normalized spacial score (nSPS) is 22.8. The highest BCUT2D eigenvalue weighted by molar-refractivity contribution is 5.84. The van der Waals surface area contributed by atoms with Crippen molar-refractivity contribution >= 4 is 12.0 Å². The molecule has 0 bridgehead atoms. The Bertz CT molecular complexity index is 1020. The van der Waals surface area contributed by atoms with Crippen molar-refractivity contribution < 1.29 is 18.7 Å². The lowest BCUT2D eigenvalue weighted by atomic mass is 9.99. The number of imidazole rings is 1. The van der Waals surface area contributed by atoms with E-state index in [0.29, 0.717) is 19.6 Å². The summed E-state index contributed by atoms with van der Waals surface area (Å²) in [6.45, 7) is 9.42. The van der Waals surface area contributed by atoms with Gasteiger partial charge in [-0.05, 0) is 45.4 Å². The number of nitrogens with zero attached hydrogens (tertiary/aromatic N) is 5. The maximum atomic E-state index is 13.4. The molecule has 1 aromatic heterocycles. The standard InChI is InChI=1S/C24H32FN5O3/c1-16(17-6-8-18(25)9-7-17)30-15-26-12-19(30)20-13-27(5)22(31)21-14-28(10-11-29(20)21)23(32)33-24(2,3)4/h6-9,12,15-16,20-21H,10-11,13-14H2,1-5H3/t16-,20?,21?/m1/s1. The molecule has 0 saturated carbocycles. The molecule has 3 atom stereocenters. The second kappa shape index (κ2) is 8.78. The van der Waals surface area contributed by atoms with Gasteiger partial charge in [-0.2, -0.15) is 0 Å². The van der Waals surface area contributed by atoms with Crippen molar-refractivity contribution in [2.75, 3.05) is 33.2 Å². The predicted molar refractivity (Wildman–Crippen MR) is 121 cm³/mol. The van der Waals surface area contributed by atoms with Gasteiger partial charge in [-0.1, -0.05) is 12.1 Å². The van der Waals surface area contributed by atoms with Gasteiger partial charge in [0, 0.05) is 39.4 Å². The third-order valence-electron chi connectivity index (χ3n) is 6.39. The number of likely N-dealkylation sites (N-methyl/N-ethyl adjacent to an activating group) is 1. The maximum absolute atomic E-state index is 13.4. The first kappa shape index (κ1) is 23.2. The van der Waals surface area contributed by atoms with Crippen molar-refractivity contribution in [2.24, 2.45) is 0 Å². The van der Waals surface area contributed by atoms with E-state index < -0.39 is 17.7 Å². The lowest BCUT2D eigenvalue weighted by molar-refractivity contribution is -0.147. The molecule has 2 aliphatic rings. The zero-order chi connectivity index (χ0) is 23.9. The first-order valence-electron chi connectivity index (χ1n) is 11.3. The van der Waals surface area contributed by atoms with Crippen LogP contribution in [0.1, 0.15) is 51.0 Å². The van der Waals surface area contributed by atoms with Crippen LogP contribution in [0.25, 0.3) is 0 Å². The molecular formula is C24H32FN5O3. The quantitative estimate of drug-likeness (QED) is 0.709. The largest absolute Gasteiger partial charge is 0.444 e. The Balaban J connectivity index is 1.58. The van der Waals surface area contributed by atoms with Gasteiger partial charge in [0.25, 0.3) is 0 Å². The Morgan fingerprint density at radius 3 is 2.52 bits per heavy atom. The number of carbonyl (C=O) groups is 2. The molecule has 0 N–H and O–H groups in total. The van der Waals surface area contributed by atoms with E-state index in [2.05, 4.69) is 14.5 Å². The molecule has 178 valence electrons. The molecule has 0 spiro atoms. The third-order valence-corrected chi connectivity index (χ3v) is 6.39. The minimum atomic E-state index is -0.590. The van der Waals surface area contributed by atoms with Crippen molar-refractivity contribution in [3.8, 4) is 0 Å². The molecule has 0 radical (unpaired) electrons. The Morgan fingerprint density at radius 1 is 1.15 bits per heavy atom. The van der Waals surface area contributed by atoms with Crippen molar-refractivity contribution in [3.05, 3.63) is 53.9 Å². The van der Waals surface area contributed by atoms with Crippen molar-refractivity contribution in [1.29, 1.82) is 0 Å². The summed E-state index contributed by atoms with van der Waals surface area (Å²) in [6.07, 6.45) is 3.23. The van der Waals surface area contributed by atoms with E-state index in [9.17, 15) is 14.0 Å². The number of ether oxygens (including phenoxy) is 1. The molecule has 2 saturated heterocycles. The molecule has 2 amide bonds. The van der Waals surface area contributed by atoms with Crippen LogP contribution in [0.5, 0.6) is 0 Å². The van der Waals surface area contributed by atoms with Crippen LogP contribution in [0, 0.1) is 5.82 Å². The SMILES string of the molecule is C[C@H](c1ccc(F)cc1)n1cncc1C1CN(C)C(=O)C2CN(C(=O)OC(C)(C)C)CCN21. The first-order chi connectivity index (χ1) is 15.5. The molecule has 3 heterocycles. The predicted octanol–water partition coefficient (Wildman–Crippen LogP) is 3.07. The van der Waals surface area contributed by atoms with Crippen LogP contribution in [0.3, 0.4) is 0 Å². The van der Waals surface area contributed by atoms with Gasteiger partial charge in [-0.3, -0.25) is 9.69 Å². The van der Waals surface area contributed by atoms with Gasteiger partial charge in [0.2, 0.25) is 5.91 Å². The molecule has 0 aliphatic carbocycles. The first-order valence-corrected chi connectivity index (χ1v) is 11.3. The van der Waals surface area contributed by atoms with E-state index in [1.807, 2.05) is 33.9 Å². The van der Waals surface area contributed by atoms with Crippen molar-refractivity contribution in [2.45, 2.75) is 51.4 Å².